The summed E-state index contributed by atoms with van der Waals surface area (Å²) in [4.78, 5) is 22.2. The Morgan fingerprint density at radius 2 is 1.88 bits per heavy atom. The first-order valence-electron chi connectivity index (χ1n) is 5.17. The van der Waals surface area contributed by atoms with E-state index in [1.54, 1.807) is 6.92 Å². The van der Waals surface area contributed by atoms with Crippen LogP contribution in [0.15, 0.2) is 24.3 Å². The number of ketones is 1. The molecule has 0 amide bonds. The van der Waals surface area contributed by atoms with Gasteiger partial charge in [0.05, 0.1) is 6.61 Å². The molecule has 0 aromatic heterocycles. The van der Waals surface area contributed by atoms with Gasteiger partial charge in [-0.2, -0.15) is 0 Å². The van der Waals surface area contributed by atoms with Crippen LogP contribution in [-0.4, -0.2) is 25.0 Å². The van der Waals surface area contributed by atoms with Gasteiger partial charge in [0, 0.05) is 0 Å². The molecule has 0 spiro atoms. The minimum Gasteiger partial charge on any atom is -0.486 e. The van der Waals surface area contributed by atoms with Crippen LogP contribution in [0.4, 0.5) is 4.39 Å². The number of halogens is 1. The van der Waals surface area contributed by atoms with Crippen molar-refractivity contribution in [2.75, 3.05) is 13.2 Å². The Morgan fingerprint density at radius 1 is 1.24 bits per heavy atom. The molecule has 0 heterocycles. The number of hydrogen-bond donors (Lipinski definition) is 0. The van der Waals surface area contributed by atoms with Gasteiger partial charge >= 0.3 is 5.97 Å². The number of ether oxygens (including phenoxy) is 2. The molecule has 0 saturated carbocycles. The molecule has 0 N–H and O–H groups in total. The van der Waals surface area contributed by atoms with Crippen LogP contribution in [0.1, 0.15) is 13.3 Å². The molecular formula is C12H13FO4. The summed E-state index contributed by atoms with van der Waals surface area (Å²) in [6.07, 6.45) is -0.310. The summed E-state index contributed by atoms with van der Waals surface area (Å²) in [5.74, 6) is -0.952. The summed E-state index contributed by atoms with van der Waals surface area (Å²) in [6.45, 7) is 1.67. The van der Waals surface area contributed by atoms with E-state index in [9.17, 15) is 14.0 Å². The standard InChI is InChI=1S/C12H13FO4/c1-2-16-12(15)7-10(14)8-17-11-5-3-9(13)4-6-11/h3-6H,2,7-8H2,1H3. The number of rotatable bonds is 6. The second-order valence-corrected chi connectivity index (χ2v) is 3.26. The average Bonchev–Trinajstić information content (AvgIpc) is 2.28. The topological polar surface area (TPSA) is 52.6 Å². The monoisotopic (exact) mass is 240 g/mol. The third-order valence-electron chi connectivity index (χ3n) is 1.86. The highest BCUT2D eigenvalue weighted by atomic mass is 19.1. The number of carbonyl (C=O) groups excluding carboxylic acids is 2. The fourth-order valence-electron chi connectivity index (χ4n) is 1.12. The van der Waals surface area contributed by atoms with Crippen LogP contribution in [0.5, 0.6) is 5.75 Å². The lowest BCUT2D eigenvalue weighted by molar-refractivity contribution is -0.145. The maximum absolute atomic E-state index is 12.6. The Morgan fingerprint density at radius 3 is 2.47 bits per heavy atom. The molecule has 1 aromatic rings. The predicted octanol–water partition coefficient (Wildman–Crippen LogP) is 1.73. The summed E-state index contributed by atoms with van der Waals surface area (Å²) in [5, 5.41) is 0. The zero-order valence-corrected chi connectivity index (χ0v) is 9.44. The van der Waals surface area contributed by atoms with Crippen molar-refractivity contribution in [1.82, 2.24) is 0 Å². The molecule has 4 nitrogen and oxygen atoms in total. The van der Waals surface area contributed by atoms with Gasteiger partial charge in [0.15, 0.2) is 5.78 Å². The Hall–Kier alpha value is -1.91. The highest BCUT2D eigenvalue weighted by molar-refractivity contribution is 5.96. The molecule has 0 saturated heterocycles. The molecule has 0 aliphatic carbocycles. The lowest BCUT2D eigenvalue weighted by atomic mass is 10.3. The summed E-state index contributed by atoms with van der Waals surface area (Å²) >= 11 is 0. The van der Waals surface area contributed by atoms with E-state index in [1.807, 2.05) is 0 Å². The summed E-state index contributed by atoms with van der Waals surface area (Å²) in [5.41, 5.74) is 0. The van der Waals surface area contributed by atoms with Crippen LogP contribution >= 0.6 is 0 Å². The second-order valence-electron chi connectivity index (χ2n) is 3.26. The first-order chi connectivity index (χ1) is 8.11. The zero-order chi connectivity index (χ0) is 12.7. The maximum atomic E-state index is 12.6. The van der Waals surface area contributed by atoms with Crippen LogP contribution in [0, 0.1) is 5.82 Å². The Kier molecular flexibility index (Phi) is 5.13. The lowest BCUT2D eigenvalue weighted by Gasteiger charge is -2.05. The first kappa shape index (κ1) is 13.2. The molecule has 0 atom stereocenters. The maximum Gasteiger partial charge on any atom is 0.313 e. The third kappa shape index (κ3) is 5.10. The SMILES string of the molecule is CCOC(=O)CC(=O)COc1ccc(F)cc1. The largest absolute Gasteiger partial charge is 0.486 e. The van der Waals surface area contributed by atoms with E-state index in [2.05, 4.69) is 4.74 Å². The van der Waals surface area contributed by atoms with Gasteiger partial charge in [-0.15, -0.1) is 0 Å². The van der Waals surface area contributed by atoms with Gasteiger partial charge in [-0.05, 0) is 31.2 Å². The van der Waals surface area contributed by atoms with Crippen molar-refractivity contribution in [3.63, 3.8) is 0 Å². The number of hydrogen-bond acceptors (Lipinski definition) is 4. The van der Waals surface area contributed by atoms with Crippen molar-refractivity contribution in [3.8, 4) is 5.75 Å². The average molecular weight is 240 g/mol. The van der Waals surface area contributed by atoms with E-state index < -0.39 is 5.97 Å². The number of Topliss-reactive ketones (excluding diaryl/α,β-unsaturated/α-hetero) is 1. The first-order valence-corrected chi connectivity index (χ1v) is 5.17. The van der Waals surface area contributed by atoms with Crippen LogP contribution in [-0.2, 0) is 14.3 Å². The van der Waals surface area contributed by atoms with Gasteiger partial charge < -0.3 is 9.47 Å². The third-order valence-corrected chi connectivity index (χ3v) is 1.86. The predicted molar refractivity (Wildman–Crippen MR) is 58.2 cm³/mol. The van der Waals surface area contributed by atoms with Crippen LogP contribution in [0.2, 0.25) is 0 Å². The van der Waals surface area contributed by atoms with Crippen molar-refractivity contribution < 1.29 is 23.5 Å². The molecular weight excluding hydrogens is 227 g/mol. The van der Waals surface area contributed by atoms with Crippen LogP contribution < -0.4 is 4.74 Å². The van der Waals surface area contributed by atoms with Gasteiger partial charge in [0.1, 0.15) is 24.6 Å². The zero-order valence-electron chi connectivity index (χ0n) is 9.44. The van der Waals surface area contributed by atoms with E-state index in [1.165, 1.54) is 24.3 Å². The van der Waals surface area contributed by atoms with Gasteiger partial charge in [-0.25, -0.2) is 4.39 Å². The van der Waals surface area contributed by atoms with Gasteiger partial charge in [-0.1, -0.05) is 0 Å². The van der Waals surface area contributed by atoms with Crippen molar-refractivity contribution in [1.29, 1.82) is 0 Å². The summed E-state index contributed by atoms with van der Waals surface area (Å²) < 4.78 is 22.3. The molecule has 17 heavy (non-hydrogen) atoms. The van der Waals surface area contributed by atoms with Crippen molar-refractivity contribution in [2.24, 2.45) is 0 Å². The summed E-state index contributed by atoms with van der Waals surface area (Å²) in [7, 11) is 0. The molecule has 1 aromatic carbocycles. The fraction of sp³-hybridized carbons (Fsp3) is 0.333. The molecule has 5 heteroatoms. The molecule has 0 aliphatic rings. The quantitative estimate of drug-likeness (QED) is 0.561. The van der Waals surface area contributed by atoms with Crippen molar-refractivity contribution in [3.05, 3.63) is 30.1 Å². The van der Waals surface area contributed by atoms with E-state index in [4.69, 9.17) is 4.74 Å². The van der Waals surface area contributed by atoms with Gasteiger partial charge in [0.2, 0.25) is 0 Å². The van der Waals surface area contributed by atoms with E-state index in [-0.39, 0.29) is 31.2 Å². The highest BCUT2D eigenvalue weighted by Crippen LogP contribution is 2.10. The second kappa shape index (κ2) is 6.62. The molecule has 0 fully saturated rings. The highest BCUT2D eigenvalue weighted by Gasteiger charge is 2.10. The van der Waals surface area contributed by atoms with E-state index >= 15 is 0 Å². The Balaban J connectivity index is 2.33. The minimum atomic E-state index is -0.569. The number of benzene rings is 1. The minimum absolute atomic E-state index is 0.232. The molecule has 1 rings (SSSR count). The summed E-state index contributed by atoms with van der Waals surface area (Å²) in [6, 6.07) is 5.27. The van der Waals surface area contributed by atoms with Crippen LogP contribution in [0.3, 0.4) is 0 Å². The molecule has 0 radical (unpaired) electrons. The lowest BCUT2D eigenvalue weighted by Crippen LogP contribution is -2.17. The van der Waals surface area contributed by atoms with Crippen molar-refractivity contribution >= 4 is 11.8 Å². The molecule has 0 bridgehead atoms. The van der Waals surface area contributed by atoms with Gasteiger partial charge in [0.25, 0.3) is 0 Å². The Bertz CT molecular complexity index is 386. The van der Waals surface area contributed by atoms with E-state index in [0.29, 0.717) is 5.75 Å². The Labute approximate surface area is 98.3 Å². The van der Waals surface area contributed by atoms with Crippen molar-refractivity contribution in [2.45, 2.75) is 13.3 Å². The molecule has 92 valence electrons. The van der Waals surface area contributed by atoms with Gasteiger partial charge in [-0.3, -0.25) is 9.59 Å². The number of esters is 1. The fourth-order valence-corrected chi connectivity index (χ4v) is 1.12. The molecule has 0 unspecified atom stereocenters. The smallest absolute Gasteiger partial charge is 0.313 e. The van der Waals surface area contributed by atoms with E-state index in [0.717, 1.165) is 0 Å². The van der Waals surface area contributed by atoms with Crippen LogP contribution in [0.25, 0.3) is 0 Å². The number of carbonyl (C=O) groups is 2. The normalized spacial score (nSPS) is 9.76. The molecule has 0 aliphatic heterocycles.